The Kier molecular flexibility index (Phi) is 3.28. The Morgan fingerprint density at radius 2 is 1.91 bits per heavy atom. The zero-order valence-electron chi connectivity index (χ0n) is 14.2. The molecular formula is C20H26O2. The van der Waals surface area contributed by atoms with E-state index in [1.54, 1.807) is 6.08 Å². The van der Waals surface area contributed by atoms with Crippen molar-refractivity contribution in [3.8, 4) is 5.75 Å². The molecule has 0 spiro atoms. The summed E-state index contributed by atoms with van der Waals surface area (Å²) in [5, 5.41) is 10.2. The molecule has 118 valence electrons. The quantitative estimate of drug-likeness (QED) is 0.828. The Bertz CT molecular complexity index is 667. The highest BCUT2D eigenvalue weighted by Gasteiger charge is 2.51. The molecule has 2 heteroatoms. The Morgan fingerprint density at radius 3 is 2.55 bits per heavy atom. The molecule has 2 aliphatic rings. The van der Waals surface area contributed by atoms with Crippen LogP contribution in [0.4, 0.5) is 0 Å². The minimum absolute atomic E-state index is 0.173. The molecule has 3 rings (SSSR count). The van der Waals surface area contributed by atoms with E-state index in [2.05, 4.69) is 40.7 Å². The van der Waals surface area contributed by atoms with Gasteiger partial charge < -0.3 is 5.11 Å². The summed E-state index contributed by atoms with van der Waals surface area (Å²) in [6, 6.07) is 3.83. The Balaban J connectivity index is 2.26. The van der Waals surface area contributed by atoms with Crippen molar-refractivity contribution in [1.29, 1.82) is 0 Å². The van der Waals surface area contributed by atoms with Crippen molar-refractivity contribution in [2.45, 2.75) is 58.8 Å². The minimum Gasteiger partial charge on any atom is -0.508 e. The van der Waals surface area contributed by atoms with Crippen LogP contribution in [0.15, 0.2) is 24.3 Å². The number of fused-ring (bicyclic) bond motifs is 3. The van der Waals surface area contributed by atoms with Gasteiger partial charge in [-0.2, -0.15) is 0 Å². The fraction of sp³-hybridized carbons (Fsp3) is 0.550. The van der Waals surface area contributed by atoms with Gasteiger partial charge in [-0.15, -0.1) is 0 Å². The van der Waals surface area contributed by atoms with Gasteiger partial charge in [-0.1, -0.05) is 40.7 Å². The van der Waals surface area contributed by atoms with Crippen LogP contribution in [0.25, 0.3) is 0 Å². The molecule has 2 aliphatic carbocycles. The highest BCUT2D eigenvalue weighted by molar-refractivity contribution is 5.96. The van der Waals surface area contributed by atoms with E-state index in [0.717, 1.165) is 12.8 Å². The number of hydrogen-bond acceptors (Lipinski definition) is 2. The molecule has 22 heavy (non-hydrogen) atoms. The highest BCUT2D eigenvalue weighted by atomic mass is 16.3. The van der Waals surface area contributed by atoms with E-state index in [0.29, 0.717) is 11.7 Å². The van der Waals surface area contributed by atoms with Gasteiger partial charge in [0, 0.05) is 10.8 Å². The summed E-state index contributed by atoms with van der Waals surface area (Å²) in [5.74, 6) is 1.24. The summed E-state index contributed by atoms with van der Waals surface area (Å²) >= 11 is 0. The molecule has 0 heterocycles. The third-order valence-corrected chi connectivity index (χ3v) is 5.97. The van der Waals surface area contributed by atoms with Gasteiger partial charge in [0.2, 0.25) is 0 Å². The number of aromatic hydroxyl groups is 1. The number of rotatable bonds is 1. The molecule has 0 saturated heterocycles. The van der Waals surface area contributed by atoms with E-state index < -0.39 is 0 Å². The van der Waals surface area contributed by atoms with Gasteiger partial charge in [-0.25, -0.2) is 0 Å². The lowest BCUT2D eigenvalue weighted by Gasteiger charge is -2.51. The molecule has 0 fully saturated rings. The standard InChI is InChI=1S/C20H26O2/c1-12(2)15-10-13(21)11-16-14(15)6-7-17-19(3,4)18(22)8-9-20(16,17)5/h8-12,17,21H,6-7H2,1-5H3/t17-,20-/m1/s1. The molecule has 0 amide bonds. The Morgan fingerprint density at radius 1 is 1.23 bits per heavy atom. The van der Waals surface area contributed by atoms with E-state index in [1.165, 1.54) is 16.7 Å². The number of carbonyl (C=O) groups excluding carboxylic acids is 1. The summed E-state index contributed by atoms with van der Waals surface area (Å²) in [5.41, 5.74) is 3.32. The molecule has 1 N–H and O–H groups in total. The van der Waals surface area contributed by atoms with E-state index in [9.17, 15) is 9.90 Å². The number of carbonyl (C=O) groups is 1. The second-order valence-corrected chi connectivity index (χ2v) is 8.01. The summed E-state index contributed by atoms with van der Waals surface area (Å²) in [4.78, 5) is 12.3. The molecule has 0 aromatic heterocycles. The minimum atomic E-state index is -0.343. The van der Waals surface area contributed by atoms with Crippen LogP contribution in [0.1, 0.15) is 63.6 Å². The summed E-state index contributed by atoms with van der Waals surface area (Å²) in [6.45, 7) is 10.7. The number of phenolic OH excluding ortho intramolecular Hbond substituents is 1. The normalized spacial score (nSPS) is 29.4. The maximum atomic E-state index is 12.3. The molecule has 0 unspecified atom stereocenters. The number of phenols is 1. The van der Waals surface area contributed by atoms with Gasteiger partial charge in [0.15, 0.2) is 5.78 Å². The van der Waals surface area contributed by atoms with E-state index >= 15 is 0 Å². The third kappa shape index (κ3) is 1.96. The van der Waals surface area contributed by atoms with E-state index in [-0.39, 0.29) is 22.5 Å². The van der Waals surface area contributed by atoms with E-state index in [1.807, 2.05) is 12.1 Å². The lowest BCUT2D eigenvalue weighted by Crippen LogP contribution is -2.49. The predicted molar refractivity (Wildman–Crippen MR) is 89.3 cm³/mol. The number of allylic oxidation sites excluding steroid dienone is 2. The highest BCUT2D eigenvalue weighted by Crippen LogP contribution is 2.54. The lowest BCUT2D eigenvalue weighted by molar-refractivity contribution is -0.127. The van der Waals surface area contributed by atoms with Gasteiger partial charge in [-0.3, -0.25) is 4.79 Å². The van der Waals surface area contributed by atoms with Crippen molar-refractivity contribution in [3.05, 3.63) is 41.0 Å². The molecule has 2 nitrogen and oxygen atoms in total. The molecule has 1 aromatic rings. The predicted octanol–water partition coefficient (Wildman–Crippen LogP) is 4.50. The van der Waals surface area contributed by atoms with Crippen LogP contribution in [0, 0.1) is 11.3 Å². The van der Waals surface area contributed by atoms with Crippen LogP contribution in [-0.4, -0.2) is 10.9 Å². The zero-order chi connectivity index (χ0) is 16.3. The SMILES string of the molecule is CC(C)c1cc(O)cc2c1CC[C@@H]1C(C)(C)C(=O)C=C[C@]21C. The zero-order valence-corrected chi connectivity index (χ0v) is 14.2. The van der Waals surface area contributed by atoms with Gasteiger partial charge in [0.25, 0.3) is 0 Å². The largest absolute Gasteiger partial charge is 0.508 e. The monoisotopic (exact) mass is 298 g/mol. The van der Waals surface area contributed by atoms with Crippen molar-refractivity contribution < 1.29 is 9.90 Å². The van der Waals surface area contributed by atoms with Crippen molar-refractivity contribution in [1.82, 2.24) is 0 Å². The topological polar surface area (TPSA) is 37.3 Å². The average Bonchev–Trinajstić information content (AvgIpc) is 2.43. The molecule has 0 saturated carbocycles. The molecule has 0 bridgehead atoms. The van der Waals surface area contributed by atoms with Crippen LogP contribution in [0.5, 0.6) is 5.75 Å². The van der Waals surface area contributed by atoms with Crippen molar-refractivity contribution in [3.63, 3.8) is 0 Å². The lowest BCUT2D eigenvalue weighted by atomic mass is 9.52. The molecular weight excluding hydrogens is 272 g/mol. The smallest absolute Gasteiger partial charge is 0.161 e. The fourth-order valence-corrected chi connectivity index (χ4v) is 4.68. The van der Waals surface area contributed by atoms with Gasteiger partial charge in [-0.05, 0) is 59.6 Å². The first-order chi connectivity index (χ1) is 10.2. The number of benzene rings is 1. The fourth-order valence-electron chi connectivity index (χ4n) is 4.68. The number of ketones is 1. The van der Waals surface area contributed by atoms with E-state index in [4.69, 9.17) is 0 Å². The maximum Gasteiger partial charge on any atom is 0.161 e. The van der Waals surface area contributed by atoms with Gasteiger partial charge in [0.1, 0.15) is 5.75 Å². The van der Waals surface area contributed by atoms with Crippen molar-refractivity contribution in [2.24, 2.45) is 11.3 Å². The van der Waals surface area contributed by atoms with Crippen molar-refractivity contribution >= 4 is 5.78 Å². The maximum absolute atomic E-state index is 12.3. The average molecular weight is 298 g/mol. The van der Waals surface area contributed by atoms with Crippen LogP contribution < -0.4 is 0 Å². The first kappa shape index (κ1) is 15.3. The van der Waals surface area contributed by atoms with Crippen molar-refractivity contribution in [2.75, 3.05) is 0 Å². The first-order valence-corrected chi connectivity index (χ1v) is 8.28. The summed E-state index contributed by atoms with van der Waals surface area (Å²) in [7, 11) is 0. The third-order valence-electron chi connectivity index (χ3n) is 5.97. The number of hydrogen-bond donors (Lipinski definition) is 1. The molecule has 0 radical (unpaired) electrons. The summed E-state index contributed by atoms with van der Waals surface area (Å²) in [6.07, 6.45) is 5.85. The van der Waals surface area contributed by atoms with Crippen LogP contribution in [0.2, 0.25) is 0 Å². The second-order valence-electron chi connectivity index (χ2n) is 8.01. The molecule has 2 atom stereocenters. The summed E-state index contributed by atoms with van der Waals surface area (Å²) < 4.78 is 0. The van der Waals surface area contributed by atoms with Crippen LogP contribution >= 0.6 is 0 Å². The van der Waals surface area contributed by atoms with Gasteiger partial charge >= 0.3 is 0 Å². The molecule has 0 aliphatic heterocycles. The molecule has 1 aromatic carbocycles. The van der Waals surface area contributed by atoms with Gasteiger partial charge in [0.05, 0.1) is 0 Å². The second kappa shape index (κ2) is 4.71. The Labute approximate surface area is 133 Å². The first-order valence-electron chi connectivity index (χ1n) is 8.28. The van der Waals surface area contributed by atoms with Crippen LogP contribution in [-0.2, 0) is 16.6 Å². The van der Waals surface area contributed by atoms with Crippen LogP contribution in [0.3, 0.4) is 0 Å². The Hall–Kier alpha value is -1.57.